The molecule has 1 fully saturated rings. The number of piperazine rings is 1. The van der Waals surface area contributed by atoms with Crippen LogP contribution in [-0.4, -0.2) is 37.3 Å². The molecule has 1 atom stereocenters. The minimum absolute atomic E-state index is 0.222. The average molecular weight is 350 g/mol. The maximum absolute atomic E-state index is 13.7. The Balaban J connectivity index is 1.77. The van der Waals surface area contributed by atoms with E-state index in [4.69, 9.17) is 4.74 Å². The van der Waals surface area contributed by atoms with Gasteiger partial charge in [-0.3, -0.25) is 4.90 Å². The van der Waals surface area contributed by atoms with E-state index in [-0.39, 0.29) is 5.56 Å². The Hall–Kier alpha value is -2.05. The molecule has 3 nitrogen and oxygen atoms in total. The monoisotopic (exact) mass is 350 g/mol. The summed E-state index contributed by atoms with van der Waals surface area (Å²) in [5, 5.41) is 3.09. The molecule has 1 N–H and O–H groups in total. The largest absolute Gasteiger partial charge is 0.489 e. The Morgan fingerprint density at radius 3 is 2.40 bits per heavy atom. The van der Waals surface area contributed by atoms with Crippen molar-refractivity contribution in [3.05, 3.63) is 65.7 Å². The third-order valence-corrected chi connectivity index (χ3v) is 4.25. The molecule has 0 spiro atoms. The van der Waals surface area contributed by atoms with Crippen LogP contribution in [0.15, 0.2) is 54.6 Å². The van der Waals surface area contributed by atoms with Gasteiger partial charge in [-0.05, 0) is 23.3 Å². The van der Waals surface area contributed by atoms with Crippen LogP contribution >= 0.6 is 0 Å². The molecule has 0 aromatic heterocycles. The molecule has 0 unspecified atom stereocenters. The van der Waals surface area contributed by atoms with Gasteiger partial charge in [-0.1, -0.05) is 42.5 Å². The van der Waals surface area contributed by atoms with Crippen LogP contribution in [-0.2, 0) is 6.61 Å². The maximum atomic E-state index is 13.7. The second kappa shape index (κ2) is 7.89. The van der Waals surface area contributed by atoms with Crippen molar-refractivity contribution in [1.29, 1.82) is 0 Å². The molecule has 1 aliphatic rings. The summed E-state index contributed by atoms with van der Waals surface area (Å²) in [7, 11) is 0. The fraction of sp³-hybridized carbons (Fsp3) is 0.368. The minimum Gasteiger partial charge on any atom is -0.489 e. The third kappa shape index (κ3) is 4.74. The van der Waals surface area contributed by atoms with Crippen LogP contribution in [0.2, 0.25) is 0 Å². The van der Waals surface area contributed by atoms with E-state index in [1.807, 2.05) is 30.3 Å². The standard InChI is InChI=1S/C19H21F3N2O/c20-19(21,22)18(24-11-9-23-10-12-24)16-7-4-8-17(13-16)25-14-15-5-2-1-3-6-15/h1-8,13,18,23H,9-12,14H2/t18-/m0/s1. The van der Waals surface area contributed by atoms with Crippen LogP contribution in [0, 0.1) is 0 Å². The topological polar surface area (TPSA) is 24.5 Å². The van der Waals surface area contributed by atoms with Crippen molar-refractivity contribution in [2.24, 2.45) is 0 Å². The van der Waals surface area contributed by atoms with E-state index in [0.29, 0.717) is 38.5 Å². The highest BCUT2D eigenvalue weighted by atomic mass is 19.4. The smallest absolute Gasteiger partial charge is 0.408 e. The van der Waals surface area contributed by atoms with Gasteiger partial charge in [0.15, 0.2) is 0 Å². The van der Waals surface area contributed by atoms with Gasteiger partial charge in [0.05, 0.1) is 0 Å². The van der Waals surface area contributed by atoms with Gasteiger partial charge >= 0.3 is 6.18 Å². The zero-order valence-corrected chi connectivity index (χ0v) is 13.8. The first-order valence-electron chi connectivity index (χ1n) is 8.32. The summed E-state index contributed by atoms with van der Waals surface area (Å²) in [5.41, 5.74) is 1.20. The molecule has 1 heterocycles. The molecule has 25 heavy (non-hydrogen) atoms. The van der Waals surface area contributed by atoms with Crippen molar-refractivity contribution < 1.29 is 17.9 Å². The molecule has 2 aromatic rings. The van der Waals surface area contributed by atoms with E-state index in [1.54, 1.807) is 12.1 Å². The second-order valence-corrected chi connectivity index (χ2v) is 6.08. The number of hydrogen-bond donors (Lipinski definition) is 1. The Labute approximate surface area is 145 Å². The van der Waals surface area contributed by atoms with Gasteiger partial charge in [-0.2, -0.15) is 13.2 Å². The van der Waals surface area contributed by atoms with E-state index < -0.39 is 12.2 Å². The fourth-order valence-corrected chi connectivity index (χ4v) is 3.06. The summed E-state index contributed by atoms with van der Waals surface area (Å²) >= 11 is 0. The molecule has 1 saturated heterocycles. The fourth-order valence-electron chi connectivity index (χ4n) is 3.06. The number of nitrogens with zero attached hydrogens (tertiary/aromatic N) is 1. The van der Waals surface area contributed by atoms with Crippen LogP contribution in [0.4, 0.5) is 13.2 Å². The van der Waals surface area contributed by atoms with Gasteiger partial charge < -0.3 is 10.1 Å². The minimum atomic E-state index is -4.32. The highest BCUT2D eigenvalue weighted by Crippen LogP contribution is 2.38. The second-order valence-electron chi connectivity index (χ2n) is 6.08. The van der Waals surface area contributed by atoms with Crippen LogP contribution in [0.25, 0.3) is 0 Å². The van der Waals surface area contributed by atoms with Crippen molar-refractivity contribution in [3.63, 3.8) is 0 Å². The van der Waals surface area contributed by atoms with Gasteiger partial charge in [-0.15, -0.1) is 0 Å². The van der Waals surface area contributed by atoms with Crippen molar-refractivity contribution in [3.8, 4) is 5.75 Å². The van der Waals surface area contributed by atoms with Gasteiger partial charge in [0, 0.05) is 26.2 Å². The number of benzene rings is 2. The zero-order valence-electron chi connectivity index (χ0n) is 13.8. The molecule has 3 rings (SSSR count). The molecular weight excluding hydrogens is 329 g/mol. The van der Waals surface area contributed by atoms with E-state index in [2.05, 4.69) is 5.32 Å². The van der Waals surface area contributed by atoms with Gasteiger partial charge in [0.2, 0.25) is 0 Å². The van der Waals surface area contributed by atoms with Crippen molar-refractivity contribution >= 4 is 0 Å². The highest BCUT2D eigenvalue weighted by molar-refractivity contribution is 5.32. The first-order valence-corrected chi connectivity index (χ1v) is 8.32. The lowest BCUT2D eigenvalue weighted by Crippen LogP contribution is -2.49. The number of rotatable bonds is 5. The lowest BCUT2D eigenvalue weighted by molar-refractivity contribution is -0.187. The lowest BCUT2D eigenvalue weighted by Gasteiger charge is -2.36. The summed E-state index contributed by atoms with van der Waals surface area (Å²) in [6.45, 7) is 2.21. The number of hydrogen-bond acceptors (Lipinski definition) is 3. The summed E-state index contributed by atoms with van der Waals surface area (Å²) in [5.74, 6) is 0.450. The Morgan fingerprint density at radius 2 is 1.72 bits per heavy atom. The number of alkyl halides is 3. The predicted octanol–water partition coefficient (Wildman–Crippen LogP) is 3.77. The summed E-state index contributed by atoms with van der Waals surface area (Å²) in [4.78, 5) is 1.48. The molecule has 0 saturated carbocycles. The first kappa shape index (κ1) is 17.8. The Kier molecular flexibility index (Phi) is 5.60. The zero-order chi connectivity index (χ0) is 17.7. The van der Waals surface area contributed by atoms with E-state index >= 15 is 0 Å². The number of halogens is 3. The van der Waals surface area contributed by atoms with Crippen molar-refractivity contribution in [2.75, 3.05) is 26.2 Å². The first-order chi connectivity index (χ1) is 12.0. The predicted molar refractivity (Wildman–Crippen MR) is 90.5 cm³/mol. The summed E-state index contributed by atoms with van der Waals surface area (Å²) < 4.78 is 46.7. The molecule has 0 amide bonds. The van der Waals surface area contributed by atoms with Gasteiger partial charge in [0.25, 0.3) is 0 Å². The number of ether oxygens (including phenoxy) is 1. The number of nitrogens with one attached hydrogen (secondary N) is 1. The SMILES string of the molecule is FC(F)(F)[C@H](c1cccc(OCc2ccccc2)c1)N1CCNCC1. The molecular formula is C19H21F3N2O. The Bertz CT molecular complexity index is 670. The lowest BCUT2D eigenvalue weighted by atomic mass is 10.0. The molecule has 0 aliphatic carbocycles. The van der Waals surface area contributed by atoms with E-state index in [1.165, 1.54) is 17.0 Å². The molecule has 6 heteroatoms. The Morgan fingerprint density at radius 1 is 1.00 bits per heavy atom. The molecule has 1 aliphatic heterocycles. The van der Waals surface area contributed by atoms with Crippen LogP contribution < -0.4 is 10.1 Å². The highest BCUT2D eigenvalue weighted by Gasteiger charge is 2.44. The molecule has 0 bridgehead atoms. The summed E-state index contributed by atoms with van der Waals surface area (Å²) in [6.07, 6.45) is -4.32. The van der Waals surface area contributed by atoms with Gasteiger partial charge in [0.1, 0.15) is 18.4 Å². The average Bonchev–Trinajstić information content (AvgIpc) is 2.61. The van der Waals surface area contributed by atoms with Gasteiger partial charge in [-0.25, -0.2) is 0 Å². The molecule has 0 radical (unpaired) electrons. The molecule has 134 valence electrons. The summed E-state index contributed by atoms with van der Waals surface area (Å²) in [6, 6.07) is 14.3. The maximum Gasteiger partial charge on any atom is 0.408 e. The third-order valence-electron chi connectivity index (χ3n) is 4.25. The van der Waals surface area contributed by atoms with Crippen LogP contribution in [0.5, 0.6) is 5.75 Å². The van der Waals surface area contributed by atoms with Crippen LogP contribution in [0.3, 0.4) is 0 Å². The van der Waals surface area contributed by atoms with E-state index in [0.717, 1.165) is 5.56 Å². The van der Waals surface area contributed by atoms with Crippen LogP contribution in [0.1, 0.15) is 17.2 Å². The molecule has 2 aromatic carbocycles. The van der Waals surface area contributed by atoms with Crippen molar-refractivity contribution in [2.45, 2.75) is 18.8 Å². The normalized spacial score (nSPS) is 17.2. The van der Waals surface area contributed by atoms with Crippen molar-refractivity contribution in [1.82, 2.24) is 10.2 Å². The quantitative estimate of drug-likeness (QED) is 0.888. The van der Waals surface area contributed by atoms with E-state index in [9.17, 15) is 13.2 Å².